The Kier molecular flexibility index (Phi) is 6.93. The van der Waals surface area contributed by atoms with Crippen LogP contribution >= 0.6 is 12.4 Å². The first-order valence-corrected chi connectivity index (χ1v) is 10.1. The second-order valence-electron chi connectivity index (χ2n) is 7.78. The number of nitrogens with zero attached hydrogens (tertiary/aromatic N) is 2. The molecule has 5 nitrogen and oxygen atoms in total. The SMILES string of the molecule is Cl.NC[C@@H]1CN(C(=O)C2CCCN2C(=O)c2ccccc2)C[C@H]1c1ccccc1. The predicted molar refractivity (Wildman–Crippen MR) is 116 cm³/mol. The van der Waals surface area contributed by atoms with Crippen molar-refractivity contribution in [2.24, 2.45) is 11.7 Å². The van der Waals surface area contributed by atoms with E-state index in [1.807, 2.05) is 53.4 Å². The van der Waals surface area contributed by atoms with Gasteiger partial charge >= 0.3 is 0 Å². The Morgan fingerprint density at radius 1 is 0.966 bits per heavy atom. The van der Waals surface area contributed by atoms with E-state index in [2.05, 4.69) is 12.1 Å². The Hall–Kier alpha value is -2.37. The highest BCUT2D eigenvalue weighted by atomic mass is 35.5. The molecule has 2 aliphatic heterocycles. The summed E-state index contributed by atoms with van der Waals surface area (Å²) in [5.41, 5.74) is 7.90. The lowest BCUT2D eigenvalue weighted by atomic mass is 9.89. The fourth-order valence-electron chi connectivity index (χ4n) is 4.59. The van der Waals surface area contributed by atoms with Crippen LogP contribution in [0, 0.1) is 5.92 Å². The summed E-state index contributed by atoms with van der Waals surface area (Å²) >= 11 is 0. The predicted octanol–water partition coefficient (Wildman–Crippen LogP) is 2.91. The number of likely N-dealkylation sites (tertiary alicyclic amines) is 2. The lowest BCUT2D eigenvalue weighted by molar-refractivity contribution is -0.134. The van der Waals surface area contributed by atoms with Gasteiger partial charge in [0.15, 0.2) is 0 Å². The van der Waals surface area contributed by atoms with E-state index in [9.17, 15) is 9.59 Å². The summed E-state index contributed by atoms with van der Waals surface area (Å²) < 4.78 is 0. The van der Waals surface area contributed by atoms with Gasteiger partial charge in [-0.15, -0.1) is 12.4 Å². The number of carbonyl (C=O) groups excluding carboxylic acids is 2. The van der Waals surface area contributed by atoms with Gasteiger partial charge in [-0.3, -0.25) is 9.59 Å². The van der Waals surface area contributed by atoms with Crippen molar-refractivity contribution < 1.29 is 9.59 Å². The molecule has 2 aromatic carbocycles. The molecule has 2 saturated heterocycles. The molecule has 2 heterocycles. The normalized spacial score (nSPS) is 23.7. The summed E-state index contributed by atoms with van der Waals surface area (Å²) in [5, 5.41) is 0. The third kappa shape index (κ3) is 4.31. The van der Waals surface area contributed by atoms with E-state index < -0.39 is 0 Å². The molecule has 6 heteroatoms. The third-order valence-corrected chi connectivity index (χ3v) is 6.10. The first-order chi connectivity index (χ1) is 13.7. The van der Waals surface area contributed by atoms with Crippen molar-refractivity contribution in [3.05, 3.63) is 71.8 Å². The molecule has 0 saturated carbocycles. The van der Waals surface area contributed by atoms with Crippen LogP contribution in [0.5, 0.6) is 0 Å². The summed E-state index contributed by atoms with van der Waals surface area (Å²) in [6, 6.07) is 19.2. The lowest BCUT2D eigenvalue weighted by Crippen LogP contribution is -2.47. The molecule has 0 aliphatic carbocycles. The van der Waals surface area contributed by atoms with Crippen molar-refractivity contribution in [1.29, 1.82) is 0 Å². The van der Waals surface area contributed by atoms with E-state index in [4.69, 9.17) is 5.73 Å². The molecule has 4 rings (SSSR count). The molecule has 2 aliphatic rings. The standard InChI is InChI=1S/C23H27N3O2.ClH/c24-14-19-15-25(16-20(19)17-8-3-1-4-9-17)23(28)21-12-7-13-26(21)22(27)18-10-5-2-6-11-18;/h1-6,8-11,19-21H,7,12-16,24H2;1H/t19-,20+,21?;/m1./s1. The maximum Gasteiger partial charge on any atom is 0.254 e. The van der Waals surface area contributed by atoms with Gasteiger partial charge in [-0.1, -0.05) is 48.5 Å². The average Bonchev–Trinajstić information content (AvgIpc) is 3.41. The number of benzene rings is 2. The molecular formula is C23H28ClN3O2. The number of amides is 2. The highest BCUT2D eigenvalue weighted by Crippen LogP contribution is 2.33. The fraction of sp³-hybridized carbons (Fsp3) is 0.391. The zero-order chi connectivity index (χ0) is 19.5. The fourth-order valence-corrected chi connectivity index (χ4v) is 4.59. The molecule has 2 amide bonds. The van der Waals surface area contributed by atoms with Crippen LogP contribution in [0.1, 0.15) is 34.7 Å². The summed E-state index contributed by atoms with van der Waals surface area (Å²) in [6.07, 6.45) is 1.60. The van der Waals surface area contributed by atoms with Gasteiger partial charge in [-0.05, 0) is 43.0 Å². The van der Waals surface area contributed by atoms with Crippen molar-refractivity contribution in [3.8, 4) is 0 Å². The van der Waals surface area contributed by atoms with E-state index in [1.54, 1.807) is 4.90 Å². The van der Waals surface area contributed by atoms with E-state index in [1.165, 1.54) is 5.56 Å². The van der Waals surface area contributed by atoms with Crippen molar-refractivity contribution in [2.75, 3.05) is 26.2 Å². The number of rotatable bonds is 4. The van der Waals surface area contributed by atoms with Crippen LogP contribution in [-0.4, -0.2) is 53.8 Å². The zero-order valence-electron chi connectivity index (χ0n) is 16.4. The molecule has 29 heavy (non-hydrogen) atoms. The van der Waals surface area contributed by atoms with Gasteiger partial charge in [0.25, 0.3) is 5.91 Å². The Morgan fingerprint density at radius 2 is 1.62 bits per heavy atom. The Morgan fingerprint density at radius 3 is 2.28 bits per heavy atom. The van der Waals surface area contributed by atoms with Crippen LogP contribution in [0.15, 0.2) is 60.7 Å². The number of halogens is 1. The van der Waals surface area contributed by atoms with E-state index >= 15 is 0 Å². The first-order valence-electron chi connectivity index (χ1n) is 10.1. The van der Waals surface area contributed by atoms with Gasteiger partial charge in [0.2, 0.25) is 5.91 Å². The smallest absolute Gasteiger partial charge is 0.254 e. The van der Waals surface area contributed by atoms with Crippen molar-refractivity contribution >= 4 is 24.2 Å². The number of hydrogen-bond donors (Lipinski definition) is 1. The molecule has 2 fully saturated rings. The van der Waals surface area contributed by atoms with Crippen molar-refractivity contribution in [2.45, 2.75) is 24.8 Å². The minimum absolute atomic E-state index is 0. The summed E-state index contributed by atoms with van der Waals surface area (Å²) in [7, 11) is 0. The van der Waals surface area contributed by atoms with Crippen molar-refractivity contribution in [1.82, 2.24) is 9.80 Å². The van der Waals surface area contributed by atoms with Crippen LogP contribution in [0.3, 0.4) is 0 Å². The topological polar surface area (TPSA) is 66.6 Å². The Balaban J connectivity index is 0.00000240. The largest absolute Gasteiger partial charge is 0.340 e. The van der Waals surface area contributed by atoms with Crippen LogP contribution < -0.4 is 5.73 Å². The van der Waals surface area contributed by atoms with Crippen LogP contribution in [0.2, 0.25) is 0 Å². The quantitative estimate of drug-likeness (QED) is 0.838. The maximum atomic E-state index is 13.3. The molecule has 0 bridgehead atoms. The molecule has 0 aromatic heterocycles. The number of hydrogen-bond acceptors (Lipinski definition) is 3. The zero-order valence-corrected chi connectivity index (χ0v) is 17.3. The monoisotopic (exact) mass is 413 g/mol. The minimum Gasteiger partial charge on any atom is -0.340 e. The molecule has 2 N–H and O–H groups in total. The molecular weight excluding hydrogens is 386 g/mol. The van der Waals surface area contributed by atoms with Crippen LogP contribution in [0.4, 0.5) is 0 Å². The molecule has 2 aromatic rings. The summed E-state index contributed by atoms with van der Waals surface area (Å²) in [5.74, 6) is 0.533. The second kappa shape index (κ2) is 9.42. The van der Waals surface area contributed by atoms with E-state index in [0.29, 0.717) is 31.7 Å². The second-order valence-corrected chi connectivity index (χ2v) is 7.78. The molecule has 0 spiro atoms. The molecule has 3 atom stereocenters. The molecule has 154 valence electrons. The Labute approximate surface area is 178 Å². The van der Waals surface area contributed by atoms with Gasteiger partial charge in [0.05, 0.1) is 0 Å². The van der Waals surface area contributed by atoms with Gasteiger partial charge in [-0.2, -0.15) is 0 Å². The highest BCUT2D eigenvalue weighted by Gasteiger charge is 2.41. The number of nitrogens with two attached hydrogens (primary N) is 1. The van der Waals surface area contributed by atoms with Gasteiger partial charge < -0.3 is 15.5 Å². The highest BCUT2D eigenvalue weighted by molar-refractivity contribution is 5.98. The van der Waals surface area contributed by atoms with E-state index in [0.717, 1.165) is 12.8 Å². The third-order valence-electron chi connectivity index (χ3n) is 6.10. The summed E-state index contributed by atoms with van der Waals surface area (Å²) in [6.45, 7) is 2.54. The van der Waals surface area contributed by atoms with Crippen LogP contribution in [-0.2, 0) is 4.79 Å². The molecule has 0 radical (unpaired) electrons. The van der Waals surface area contributed by atoms with Crippen molar-refractivity contribution in [3.63, 3.8) is 0 Å². The Bertz CT molecular complexity index is 831. The lowest BCUT2D eigenvalue weighted by Gasteiger charge is -2.28. The van der Waals surface area contributed by atoms with Gasteiger partial charge in [-0.25, -0.2) is 0 Å². The van der Waals surface area contributed by atoms with Crippen LogP contribution in [0.25, 0.3) is 0 Å². The minimum atomic E-state index is -0.361. The van der Waals surface area contributed by atoms with Gasteiger partial charge in [0, 0.05) is 31.1 Å². The van der Waals surface area contributed by atoms with E-state index in [-0.39, 0.29) is 42.1 Å². The van der Waals surface area contributed by atoms with Gasteiger partial charge in [0.1, 0.15) is 6.04 Å². The molecule has 1 unspecified atom stereocenters. The average molecular weight is 414 g/mol. The first kappa shape index (κ1) is 21.3. The summed E-state index contributed by atoms with van der Waals surface area (Å²) in [4.78, 5) is 29.9. The number of carbonyl (C=O) groups is 2. The maximum absolute atomic E-state index is 13.3.